The number of hydrogen-bond donors (Lipinski definition) is 1. The number of rotatable bonds is 3. The van der Waals surface area contributed by atoms with Crippen LogP contribution in [0.4, 0.5) is 5.69 Å². The third-order valence-electron chi connectivity index (χ3n) is 2.34. The van der Waals surface area contributed by atoms with Crippen molar-refractivity contribution in [3.8, 4) is 11.5 Å². The van der Waals surface area contributed by atoms with Crippen LogP contribution in [0.2, 0.25) is 0 Å². The molecule has 1 heterocycles. The number of nitrogens with one attached hydrogen (secondary N) is 1. The van der Waals surface area contributed by atoms with Gasteiger partial charge in [-0.3, -0.25) is 4.79 Å². The van der Waals surface area contributed by atoms with Crippen molar-refractivity contribution in [3.63, 3.8) is 0 Å². The second-order valence-electron chi connectivity index (χ2n) is 3.67. The average molecular weight is 269 g/mol. The SMILES string of the molecule is CCOc1cc2c(cc1OC(C)=O)C(Cl)NC=N2. The Morgan fingerprint density at radius 1 is 1.50 bits per heavy atom. The van der Waals surface area contributed by atoms with Crippen molar-refractivity contribution in [2.24, 2.45) is 4.99 Å². The van der Waals surface area contributed by atoms with Crippen LogP contribution in [-0.4, -0.2) is 18.9 Å². The number of benzene rings is 1. The highest BCUT2D eigenvalue weighted by atomic mass is 35.5. The van der Waals surface area contributed by atoms with E-state index in [2.05, 4.69) is 10.3 Å². The summed E-state index contributed by atoms with van der Waals surface area (Å²) in [5.74, 6) is 0.427. The highest BCUT2D eigenvalue weighted by molar-refractivity contribution is 6.22. The molecule has 0 saturated heterocycles. The monoisotopic (exact) mass is 268 g/mol. The molecule has 1 unspecified atom stereocenters. The molecule has 0 aliphatic carbocycles. The van der Waals surface area contributed by atoms with Crippen molar-refractivity contribution < 1.29 is 14.3 Å². The number of nitrogens with zero attached hydrogens (tertiary/aromatic N) is 1. The summed E-state index contributed by atoms with van der Waals surface area (Å²) in [6, 6.07) is 3.38. The number of halogens is 1. The van der Waals surface area contributed by atoms with E-state index in [1.807, 2.05) is 6.92 Å². The van der Waals surface area contributed by atoms with E-state index < -0.39 is 11.5 Å². The molecule has 0 bridgehead atoms. The lowest BCUT2D eigenvalue weighted by molar-refractivity contribution is -0.132. The zero-order valence-electron chi connectivity index (χ0n) is 10.1. The first-order valence-corrected chi connectivity index (χ1v) is 5.97. The highest BCUT2D eigenvalue weighted by Gasteiger charge is 2.20. The summed E-state index contributed by atoms with van der Waals surface area (Å²) in [5, 5.41) is 2.86. The van der Waals surface area contributed by atoms with Crippen molar-refractivity contribution in [3.05, 3.63) is 17.7 Å². The van der Waals surface area contributed by atoms with Gasteiger partial charge < -0.3 is 14.8 Å². The zero-order chi connectivity index (χ0) is 13.1. The number of alkyl halides is 1. The molecule has 6 heteroatoms. The van der Waals surface area contributed by atoms with E-state index in [1.54, 1.807) is 12.1 Å². The van der Waals surface area contributed by atoms with Gasteiger partial charge in [0, 0.05) is 18.6 Å². The van der Waals surface area contributed by atoms with Crippen LogP contribution in [0.1, 0.15) is 24.9 Å². The molecule has 96 valence electrons. The van der Waals surface area contributed by atoms with Gasteiger partial charge in [-0.05, 0) is 13.0 Å². The standard InChI is InChI=1S/C12H13ClN2O3/c1-3-17-10-5-9-8(12(13)15-6-14-9)4-11(10)18-7(2)16/h4-6,12H,3H2,1-2H3,(H,14,15). The summed E-state index contributed by atoms with van der Waals surface area (Å²) in [4.78, 5) is 15.2. The van der Waals surface area contributed by atoms with Gasteiger partial charge >= 0.3 is 5.97 Å². The zero-order valence-corrected chi connectivity index (χ0v) is 10.8. The fourth-order valence-electron chi connectivity index (χ4n) is 1.64. The molecule has 0 radical (unpaired) electrons. The Labute approximate surface area is 110 Å². The molecule has 1 aromatic carbocycles. The highest BCUT2D eigenvalue weighted by Crippen LogP contribution is 2.40. The van der Waals surface area contributed by atoms with E-state index in [-0.39, 0.29) is 0 Å². The minimum atomic E-state index is -0.408. The van der Waals surface area contributed by atoms with Gasteiger partial charge in [0.25, 0.3) is 0 Å². The van der Waals surface area contributed by atoms with E-state index in [1.165, 1.54) is 13.3 Å². The van der Waals surface area contributed by atoms with Crippen molar-refractivity contribution in [1.82, 2.24) is 5.32 Å². The van der Waals surface area contributed by atoms with Crippen molar-refractivity contribution in [2.45, 2.75) is 19.3 Å². The number of hydrogen-bond acceptors (Lipinski definition) is 5. The first-order chi connectivity index (χ1) is 8.61. The van der Waals surface area contributed by atoms with Crippen LogP contribution < -0.4 is 14.8 Å². The van der Waals surface area contributed by atoms with E-state index >= 15 is 0 Å². The molecule has 1 aliphatic heterocycles. The van der Waals surface area contributed by atoms with E-state index in [9.17, 15) is 4.79 Å². The van der Waals surface area contributed by atoms with Crippen molar-refractivity contribution in [2.75, 3.05) is 6.61 Å². The molecule has 1 atom stereocenters. The van der Waals surface area contributed by atoms with Gasteiger partial charge in [-0.2, -0.15) is 0 Å². The second-order valence-corrected chi connectivity index (χ2v) is 4.11. The van der Waals surface area contributed by atoms with Crippen molar-refractivity contribution >= 4 is 29.6 Å². The maximum Gasteiger partial charge on any atom is 0.308 e. The Bertz CT molecular complexity index is 502. The quantitative estimate of drug-likeness (QED) is 0.396. The molecule has 1 aromatic rings. The number of esters is 1. The van der Waals surface area contributed by atoms with Gasteiger partial charge in [-0.15, -0.1) is 0 Å². The summed E-state index contributed by atoms with van der Waals surface area (Å²) in [5.41, 5.74) is 1.05. The largest absolute Gasteiger partial charge is 0.490 e. The van der Waals surface area contributed by atoms with Crippen LogP contribution >= 0.6 is 11.6 Å². The molecule has 0 fully saturated rings. The number of aliphatic imine (C=N–C) groups is 1. The van der Waals surface area contributed by atoms with Crippen LogP contribution in [0, 0.1) is 0 Å². The molecule has 18 heavy (non-hydrogen) atoms. The minimum absolute atomic E-state index is 0.354. The number of carbonyl (C=O) groups excluding carboxylic acids is 1. The summed E-state index contributed by atoms with van der Waals surface area (Å²) in [6.07, 6.45) is 1.53. The smallest absolute Gasteiger partial charge is 0.308 e. The Hall–Kier alpha value is -1.75. The lowest BCUT2D eigenvalue weighted by Gasteiger charge is -2.19. The van der Waals surface area contributed by atoms with Crippen LogP contribution in [0.5, 0.6) is 11.5 Å². The van der Waals surface area contributed by atoms with E-state index in [0.29, 0.717) is 23.8 Å². The predicted molar refractivity (Wildman–Crippen MR) is 68.8 cm³/mol. The molecular weight excluding hydrogens is 256 g/mol. The topological polar surface area (TPSA) is 59.9 Å². The summed E-state index contributed by atoms with van der Waals surface area (Å²) >= 11 is 6.10. The molecule has 0 saturated carbocycles. The molecular formula is C12H13ClN2O3. The van der Waals surface area contributed by atoms with Gasteiger partial charge in [0.1, 0.15) is 5.50 Å². The third-order valence-corrected chi connectivity index (χ3v) is 2.71. The number of carbonyl (C=O) groups is 1. The maximum absolute atomic E-state index is 11.1. The first-order valence-electron chi connectivity index (χ1n) is 5.53. The summed E-state index contributed by atoms with van der Waals surface area (Å²) in [7, 11) is 0. The maximum atomic E-state index is 11.1. The predicted octanol–water partition coefficient (Wildman–Crippen LogP) is 2.51. The molecule has 1 N–H and O–H groups in total. The van der Waals surface area contributed by atoms with E-state index in [4.69, 9.17) is 21.1 Å². The lowest BCUT2D eigenvalue weighted by atomic mass is 10.1. The van der Waals surface area contributed by atoms with Crippen LogP contribution in [0.15, 0.2) is 17.1 Å². The second kappa shape index (κ2) is 5.27. The molecule has 0 amide bonds. The number of fused-ring (bicyclic) bond motifs is 1. The van der Waals surface area contributed by atoms with Crippen LogP contribution in [-0.2, 0) is 4.79 Å². The van der Waals surface area contributed by atoms with Gasteiger partial charge in [0.05, 0.1) is 18.6 Å². The number of ether oxygens (including phenoxy) is 2. The fourth-order valence-corrected chi connectivity index (χ4v) is 1.88. The Balaban J connectivity index is 2.46. The normalized spacial score (nSPS) is 16.7. The summed E-state index contributed by atoms with van der Waals surface area (Å²) in [6.45, 7) is 3.66. The van der Waals surface area contributed by atoms with Crippen LogP contribution in [0.25, 0.3) is 0 Å². The third kappa shape index (κ3) is 2.56. The van der Waals surface area contributed by atoms with Crippen molar-refractivity contribution in [1.29, 1.82) is 0 Å². The first kappa shape index (κ1) is 12.7. The molecule has 1 aliphatic rings. The summed E-state index contributed by atoms with van der Waals surface area (Å²) < 4.78 is 10.5. The van der Waals surface area contributed by atoms with Gasteiger partial charge in [-0.1, -0.05) is 11.6 Å². The van der Waals surface area contributed by atoms with Crippen LogP contribution in [0.3, 0.4) is 0 Å². The molecule has 0 spiro atoms. The molecule has 0 aromatic heterocycles. The fraction of sp³-hybridized carbons (Fsp3) is 0.333. The van der Waals surface area contributed by atoms with E-state index in [0.717, 1.165) is 5.56 Å². The Kier molecular flexibility index (Phi) is 3.72. The Morgan fingerprint density at radius 3 is 2.94 bits per heavy atom. The van der Waals surface area contributed by atoms with Gasteiger partial charge in [-0.25, -0.2) is 4.99 Å². The molecule has 5 nitrogen and oxygen atoms in total. The minimum Gasteiger partial charge on any atom is -0.490 e. The Morgan fingerprint density at radius 2 is 2.28 bits per heavy atom. The van der Waals surface area contributed by atoms with Gasteiger partial charge in [0.15, 0.2) is 11.5 Å². The molecule has 2 rings (SSSR count). The average Bonchev–Trinajstić information content (AvgIpc) is 2.31. The van der Waals surface area contributed by atoms with Gasteiger partial charge in [0.2, 0.25) is 0 Å². The lowest BCUT2D eigenvalue weighted by Crippen LogP contribution is -2.18.